The second kappa shape index (κ2) is 5.57. The van der Waals surface area contributed by atoms with Crippen LogP contribution in [-0.2, 0) is 9.53 Å². The van der Waals surface area contributed by atoms with E-state index in [4.69, 9.17) is 4.74 Å². The number of hydrogen-bond acceptors (Lipinski definition) is 2. The van der Waals surface area contributed by atoms with E-state index in [1.165, 1.54) is 22.3 Å². The first-order valence-corrected chi connectivity index (χ1v) is 7.19. The molecule has 2 nitrogen and oxygen atoms in total. The van der Waals surface area contributed by atoms with Gasteiger partial charge in [0.05, 0.1) is 6.61 Å². The van der Waals surface area contributed by atoms with Crippen LogP contribution >= 0.6 is 0 Å². The maximum absolute atomic E-state index is 11.5. The molecule has 0 bridgehead atoms. The minimum atomic E-state index is -0.311. The molecule has 0 amide bonds. The fraction of sp³-hybridized carbons (Fsp3) is 0.211. The molecule has 0 spiro atoms. The summed E-state index contributed by atoms with van der Waals surface area (Å²) in [7, 11) is 0. The summed E-state index contributed by atoms with van der Waals surface area (Å²) in [5, 5.41) is 0. The Bertz CT molecular complexity index is 655. The lowest BCUT2D eigenvalue weighted by Crippen LogP contribution is -2.09. The largest absolute Gasteiger partial charge is 0.462 e. The van der Waals surface area contributed by atoms with E-state index < -0.39 is 0 Å². The monoisotopic (exact) mass is 278 g/mol. The zero-order valence-electron chi connectivity index (χ0n) is 12.1. The van der Waals surface area contributed by atoms with Gasteiger partial charge in [-0.25, -0.2) is 4.79 Å². The maximum atomic E-state index is 11.5. The summed E-state index contributed by atoms with van der Waals surface area (Å²) >= 11 is 0. The highest BCUT2D eigenvalue weighted by Crippen LogP contribution is 2.45. The summed E-state index contributed by atoms with van der Waals surface area (Å²) in [5.74, 6) is -0.00936. The molecule has 21 heavy (non-hydrogen) atoms. The van der Waals surface area contributed by atoms with E-state index in [0.717, 1.165) is 6.42 Å². The van der Waals surface area contributed by atoms with Crippen LogP contribution in [0.25, 0.3) is 11.1 Å². The average molecular weight is 278 g/mol. The number of carbonyl (C=O) groups is 1. The van der Waals surface area contributed by atoms with Crippen molar-refractivity contribution in [1.82, 2.24) is 0 Å². The molecule has 106 valence electrons. The van der Waals surface area contributed by atoms with E-state index in [-0.39, 0.29) is 5.97 Å². The zero-order valence-corrected chi connectivity index (χ0v) is 12.1. The normalized spacial score (nSPS) is 12.6. The van der Waals surface area contributed by atoms with Crippen LogP contribution in [0.1, 0.15) is 30.4 Å². The van der Waals surface area contributed by atoms with Gasteiger partial charge in [0, 0.05) is 11.5 Å². The first kappa shape index (κ1) is 13.6. The van der Waals surface area contributed by atoms with Crippen molar-refractivity contribution in [1.29, 1.82) is 0 Å². The fourth-order valence-electron chi connectivity index (χ4n) is 2.96. The number of ether oxygens (including phenoxy) is 1. The molecule has 3 rings (SSSR count). The first-order valence-electron chi connectivity index (χ1n) is 7.19. The van der Waals surface area contributed by atoms with Crippen molar-refractivity contribution in [3.63, 3.8) is 0 Å². The Morgan fingerprint density at radius 3 is 2.10 bits per heavy atom. The van der Waals surface area contributed by atoms with Crippen molar-refractivity contribution in [2.75, 3.05) is 6.61 Å². The van der Waals surface area contributed by atoms with Crippen LogP contribution in [0.15, 0.2) is 60.7 Å². The Morgan fingerprint density at radius 1 is 1.05 bits per heavy atom. The molecule has 0 fully saturated rings. The van der Waals surface area contributed by atoms with E-state index >= 15 is 0 Å². The Morgan fingerprint density at radius 2 is 1.57 bits per heavy atom. The van der Waals surface area contributed by atoms with Crippen LogP contribution in [0.3, 0.4) is 0 Å². The van der Waals surface area contributed by atoms with Crippen molar-refractivity contribution < 1.29 is 9.53 Å². The van der Waals surface area contributed by atoms with E-state index in [1.54, 1.807) is 6.92 Å². The molecule has 0 saturated heterocycles. The highest BCUT2D eigenvalue weighted by atomic mass is 16.5. The minimum Gasteiger partial charge on any atom is -0.462 e. The average Bonchev–Trinajstić information content (AvgIpc) is 2.82. The number of carbonyl (C=O) groups excluding carboxylic acids is 1. The predicted molar refractivity (Wildman–Crippen MR) is 84.1 cm³/mol. The number of fused-ring (bicyclic) bond motifs is 3. The molecule has 0 aromatic heterocycles. The lowest BCUT2D eigenvalue weighted by molar-refractivity contribution is -0.139. The van der Waals surface area contributed by atoms with Crippen molar-refractivity contribution >= 4 is 5.97 Å². The molecule has 0 unspecified atom stereocenters. The second-order valence-corrected chi connectivity index (χ2v) is 5.43. The second-order valence-electron chi connectivity index (χ2n) is 5.43. The minimum absolute atomic E-state index is 0.301. The van der Waals surface area contributed by atoms with Gasteiger partial charge in [-0.15, -0.1) is 0 Å². The summed E-state index contributed by atoms with van der Waals surface area (Å²) in [4.78, 5) is 11.5. The quantitative estimate of drug-likeness (QED) is 0.615. The Hall–Kier alpha value is -2.35. The first-order chi connectivity index (χ1) is 10.2. The van der Waals surface area contributed by atoms with Crippen molar-refractivity contribution in [3.05, 3.63) is 71.8 Å². The SMILES string of the molecule is C=C(C)C(=O)OCCC1c2ccccc2-c2ccccc21. The van der Waals surface area contributed by atoms with Gasteiger partial charge in [-0.3, -0.25) is 0 Å². The Labute approximate surface area is 125 Å². The van der Waals surface area contributed by atoms with Gasteiger partial charge >= 0.3 is 5.97 Å². The molecular weight excluding hydrogens is 260 g/mol. The lowest BCUT2D eigenvalue weighted by Gasteiger charge is -2.13. The summed E-state index contributed by atoms with van der Waals surface area (Å²) in [5.41, 5.74) is 5.69. The molecule has 0 atom stereocenters. The molecule has 2 heteroatoms. The van der Waals surface area contributed by atoms with Crippen LogP contribution in [0, 0.1) is 0 Å². The molecular formula is C19H18O2. The van der Waals surface area contributed by atoms with Gasteiger partial charge in [0.15, 0.2) is 0 Å². The summed E-state index contributed by atoms with van der Waals surface area (Å²) in [6.07, 6.45) is 0.799. The standard InChI is InChI=1S/C19H18O2/c1-13(2)19(20)21-12-11-18-16-9-5-3-7-14(16)15-8-4-6-10-17(15)18/h3-10,18H,1,11-12H2,2H3. The van der Waals surface area contributed by atoms with Crippen molar-refractivity contribution in [2.24, 2.45) is 0 Å². The summed E-state index contributed by atoms with van der Waals surface area (Å²) < 4.78 is 5.26. The topological polar surface area (TPSA) is 26.3 Å². The zero-order chi connectivity index (χ0) is 14.8. The predicted octanol–water partition coefficient (Wildman–Crippen LogP) is 4.31. The van der Waals surface area contributed by atoms with E-state index in [0.29, 0.717) is 18.1 Å². The molecule has 0 heterocycles. The molecule has 1 aliphatic rings. The van der Waals surface area contributed by atoms with Crippen molar-refractivity contribution in [2.45, 2.75) is 19.3 Å². The highest BCUT2D eigenvalue weighted by Gasteiger charge is 2.27. The van der Waals surface area contributed by atoms with Crippen LogP contribution in [0.4, 0.5) is 0 Å². The number of rotatable bonds is 4. The molecule has 0 aliphatic heterocycles. The van der Waals surface area contributed by atoms with E-state index in [2.05, 4.69) is 55.1 Å². The van der Waals surface area contributed by atoms with E-state index in [1.807, 2.05) is 0 Å². The third-order valence-corrected chi connectivity index (χ3v) is 3.95. The molecule has 2 aromatic carbocycles. The van der Waals surface area contributed by atoms with Gasteiger partial charge in [-0.1, -0.05) is 55.1 Å². The fourth-order valence-corrected chi connectivity index (χ4v) is 2.96. The van der Waals surface area contributed by atoms with Gasteiger partial charge in [0.1, 0.15) is 0 Å². The van der Waals surface area contributed by atoms with Crippen LogP contribution < -0.4 is 0 Å². The Kier molecular flexibility index (Phi) is 3.61. The van der Waals surface area contributed by atoms with Gasteiger partial charge in [-0.05, 0) is 35.6 Å². The molecule has 0 saturated carbocycles. The molecule has 2 aromatic rings. The number of benzene rings is 2. The molecule has 1 aliphatic carbocycles. The number of esters is 1. The van der Waals surface area contributed by atoms with Gasteiger partial charge < -0.3 is 4.74 Å². The van der Waals surface area contributed by atoms with Crippen LogP contribution in [0.5, 0.6) is 0 Å². The van der Waals surface area contributed by atoms with E-state index in [9.17, 15) is 4.79 Å². The third-order valence-electron chi connectivity index (χ3n) is 3.95. The smallest absolute Gasteiger partial charge is 0.333 e. The van der Waals surface area contributed by atoms with Gasteiger partial charge in [-0.2, -0.15) is 0 Å². The summed E-state index contributed by atoms with van der Waals surface area (Å²) in [6.45, 7) is 5.69. The highest BCUT2D eigenvalue weighted by molar-refractivity contribution is 5.87. The van der Waals surface area contributed by atoms with Gasteiger partial charge in [0.2, 0.25) is 0 Å². The number of hydrogen-bond donors (Lipinski definition) is 0. The van der Waals surface area contributed by atoms with Gasteiger partial charge in [0.25, 0.3) is 0 Å². The maximum Gasteiger partial charge on any atom is 0.333 e. The third kappa shape index (κ3) is 2.49. The molecule has 0 N–H and O–H groups in total. The Balaban J connectivity index is 1.82. The lowest BCUT2D eigenvalue weighted by atomic mass is 9.94. The van der Waals surface area contributed by atoms with Crippen molar-refractivity contribution in [3.8, 4) is 11.1 Å². The van der Waals surface area contributed by atoms with Crippen LogP contribution in [0.2, 0.25) is 0 Å². The molecule has 0 radical (unpaired) electrons. The summed E-state index contributed by atoms with van der Waals surface area (Å²) in [6, 6.07) is 16.9. The van der Waals surface area contributed by atoms with Crippen LogP contribution in [-0.4, -0.2) is 12.6 Å².